The number of rotatable bonds is 6. The third-order valence-corrected chi connectivity index (χ3v) is 2.62. The second kappa shape index (κ2) is 6.79. The van der Waals surface area contributed by atoms with Crippen LogP contribution in [0.1, 0.15) is 33.6 Å². The van der Waals surface area contributed by atoms with E-state index in [0.29, 0.717) is 0 Å². The molecule has 0 heterocycles. The SMILES string of the molecule is CCC(C)C(N)C(=O)N[C@H](CC)CO. The average molecular weight is 202 g/mol. The first-order chi connectivity index (χ1) is 6.56. The van der Waals surface area contributed by atoms with E-state index in [1.54, 1.807) is 0 Å². The summed E-state index contributed by atoms with van der Waals surface area (Å²) in [7, 11) is 0. The second-order valence-electron chi connectivity index (χ2n) is 3.71. The number of carbonyl (C=O) groups excluding carboxylic acids is 1. The topological polar surface area (TPSA) is 75.4 Å². The van der Waals surface area contributed by atoms with Gasteiger partial charge in [-0.1, -0.05) is 27.2 Å². The van der Waals surface area contributed by atoms with Gasteiger partial charge in [0, 0.05) is 0 Å². The lowest BCUT2D eigenvalue weighted by atomic mass is 9.99. The minimum absolute atomic E-state index is 0.0323. The van der Waals surface area contributed by atoms with Gasteiger partial charge in [-0.15, -0.1) is 0 Å². The fourth-order valence-electron chi connectivity index (χ4n) is 1.09. The van der Waals surface area contributed by atoms with Crippen molar-refractivity contribution >= 4 is 5.91 Å². The van der Waals surface area contributed by atoms with Crippen LogP contribution >= 0.6 is 0 Å². The third kappa shape index (κ3) is 4.07. The molecule has 0 fully saturated rings. The predicted molar refractivity (Wildman–Crippen MR) is 56.7 cm³/mol. The Morgan fingerprint density at radius 1 is 1.43 bits per heavy atom. The molecule has 0 saturated carbocycles. The highest BCUT2D eigenvalue weighted by Crippen LogP contribution is 2.05. The Balaban J connectivity index is 4.06. The number of hydrogen-bond acceptors (Lipinski definition) is 3. The summed E-state index contributed by atoms with van der Waals surface area (Å²) >= 11 is 0. The van der Waals surface area contributed by atoms with Crippen LogP contribution in [0.4, 0.5) is 0 Å². The van der Waals surface area contributed by atoms with Gasteiger partial charge in [0.1, 0.15) is 0 Å². The zero-order chi connectivity index (χ0) is 11.1. The molecule has 4 heteroatoms. The first kappa shape index (κ1) is 13.4. The minimum atomic E-state index is -0.472. The molecule has 0 aromatic heterocycles. The van der Waals surface area contributed by atoms with Gasteiger partial charge in [0.25, 0.3) is 0 Å². The molecule has 1 amide bonds. The number of aliphatic hydroxyl groups is 1. The lowest BCUT2D eigenvalue weighted by Gasteiger charge is -2.21. The molecule has 4 N–H and O–H groups in total. The Hall–Kier alpha value is -0.610. The zero-order valence-electron chi connectivity index (χ0n) is 9.29. The Morgan fingerprint density at radius 2 is 2.00 bits per heavy atom. The van der Waals surface area contributed by atoms with Gasteiger partial charge in [-0.05, 0) is 12.3 Å². The Bertz CT molecular complexity index is 170. The van der Waals surface area contributed by atoms with Crippen LogP contribution in [0.15, 0.2) is 0 Å². The Kier molecular flexibility index (Phi) is 6.49. The summed E-state index contributed by atoms with van der Waals surface area (Å²) in [4.78, 5) is 11.5. The highest BCUT2D eigenvalue weighted by atomic mass is 16.3. The van der Waals surface area contributed by atoms with Crippen LogP contribution in [0.2, 0.25) is 0 Å². The Labute approximate surface area is 85.9 Å². The maximum absolute atomic E-state index is 11.5. The maximum Gasteiger partial charge on any atom is 0.237 e. The van der Waals surface area contributed by atoms with Gasteiger partial charge in [0.15, 0.2) is 0 Å². The van der Waals surface area contributed by atoms with Gasteiger partial charge in [-0.2, -0.15) is 0 Å². The maximum atomic E-state index is 11.5. The number of aliphatic hydroxyl groups excluding tert-OH is 1. The molecule has 14 heavy (non-hydrogen) atoms. The lowest BCUT2D eigenvalue weighted by Crippen LogP contribution is -2.49. The van der Waals surface area contributed by atoms with Crippen molar-refractivity contribution in [2.24, 2.45) is 11.7 Å². The molecule has 2 unspecified atom stereocenters. The van der Waals surface area contributed by atoms with Crippen molar-refractivity contribution < 1.29 is 9.90 Å². The van der Waals surface area contributed by atoms with Crippen LogP contribution < -0.4 is 11.1 Å². The molecular formula is C10H22N2O2. The molecule has 3 atom stereocenters. The van der Waals surface area contributed by atoms with Crippen molar-refractivity contribution in [3.8, 4) is 0 Å². The summed E-state index contributed by atoms with van der Waals surface area (Å²) in [6.07, 6.45) is 1.60. The molecule has 0 aromatic carbocycles. The average Bonchev–Trinajstić information content (AvgIpc) is 2.23. The second-order valence-corrected chi connectivity index (χ2v) is 3.71. The van der Waals surface area contributed by atoms with E-state index in [2.05, 4.69) is 5.32 Å². The van der Waals surface area contributed by atoms with Crippen molar-refractivity contribution in [1.29, 1.82) is 0 Å². The molecule has 84 valence electrons. The van der Waals surface area contributed by atoms with E-state index in [4.69, 9.17) is 10.8 Å². The molecule has 0 rings (SSSR count). The largest absolute Gasteiger partial charge is 0.394 e. The van der Waals surface area contributed by atoms with E-state index < -0.39 is 6.04 Å². The van der Waals surface area contributed by atoms with Crippen LogP contribution in [-0.2, 0) is 4.79 Å². The molecule has 0 saturated heterocycles. The highest BCUT2D eigenvalue weighted by molar-refractivity contribution is 5.82. The van der Waals surface area contributed by atoms with Gasteiger partial charge in [-0.3, -0.25) is 4.79 Å². The van der Waals surface area contributed by atoms with Crippen molar-refractivity contribution in [3.63, 3.8) is 0 Å². The normalized spacial score (nSPS) is 17.2. The summed E-state index contributed by atoms with van der Waals surface area (Å²) in [6.45, 7) is 5.83. The molecule has 0 spiro atoms. The minimum Gasteiger partial charge on any atom is -0.394 e. The van der Waals surface area contributed by atoms with Crippen LogP contribution in [0.5, 0.6) is 0 Å². The summed E-state index contributed by atoms with van der Waals surface area (Å²) in [5, 5.41) is 11.6. The van der Waals surface area contributed by atoms with Gasteiger partial charge in [0.05, 0.1) is 18.7 Å². The van der Waals surface area contributed by atoms with E-state index >= 15 is 0 Å². The molecule has 0 aliphatic carbocycles. The molecule has 0 radical (unpaired) electrons. The van der Waals surface area contributed by atoms with Gasteiger partial charge >= 0.3 is 0 Å². The van der Waals surface area contributed by atoms with Gasteiger partial charge in [-0.25, -0.2) is 0 Å². The molecule has 0 aliphatic rings. The number of amides is 1. The predicted octanol–water partition coefficient (Wildman–Crippen LogP) is 0.247. The van der Waals surface area contributed by atoms with Crippen molar-refractivity contribution in [3.05, 3.63) is 0 Å². The van der Waals surface area contributed by atoms with E-state index in [1.165, 1.54) is 0 Å². The standard InChI is InChI=1S/C10H22N2O2/c1-4-7(3)9(11)10(14)12-8(5-2)6-13/h7-9,13H,4-6,11H2,1-3H3,(H,12,14)/t7?,8-,9?/m1/s1. The van der Waals surface area contributed by atoms with Crippen molar-refractivity contribution in [1.82, 2.24) is 5.32 Å². The quantitative estimate of drug-likeness (QED) is 0.578. The summed E-state index contributed by atoms with van der Waals surface area (Å²) in [6, 6.07) is -0.641. The first-order valence-corrected chi connectivity index (χ1v) is 5.23. The van der Waals surface area contributed by atoms with Gasteiger partial charge in [0.2, 0.25) is 5.91 Å². The molecular weight excluding hydrogens is 180 g/mol. The third-order valence-electron chi connectivity index (χ3n) is 2.62. The smallest absolute Gasteiger partial charge is 0.237 e. The fourth-order valence-corrected chi connectivity index (χ4v) is 1.09. The summed E-state index contributed by atoms with van der Waals surface area (Å²) in [5.41, 5.74) is 5.74. The monoisotopic (exact) mass is 202 g/mol. The summed E-state index contributed by atoms with van der Waals surface area (Å²) in [5.74, 6) is 0.00597. The molecule has 0 aliphatic heterocycles. The fraction of sp³-hybridized carbons (Fsp3) is 0.900. The molecule has 0 aromatic rings. The summed E-state index contributed by atoms with van der Waals surface area (Å²) < 4.78 is 0. The number of nitrogens with two attached hydrogens (primary N) is 1. The lowest BCUT2D eigenvalue weighted by molar-refractivity contribution is -0.124. The van der Waals surface area contributed by atoms with E-state index in [-0.39, 0.29) is 24.5 Å². The first-order valence-electron chi connectivity index (χ1n) is 5.23. The van der Waals surface area contributed by atoms with E-state index in [0.717, 1.165) is 12.8 Å². The molecule has 4 nitrogen and oxygen atoms in total. The number of carbonyl (C=O) groups is 1. The van der Waals surface area contributed by atoms with Crippen LogP contribution in [-0.4, -0.2) is 29.7 Å². The number of hydrogen-bond donors (Lipinski definition) is 3. The molecule has 0 bridgehead atoms. The van der Waals surface area contributed by atoms with Crippen molar-refractivity contribution in [2.45, 2.75) is 45.7 Å². The van der Waals surface area contributed by atoms with E-state index in [1.807, 2.05) is 20.8 Å². The highest BCUT2D eigenvalue weighted by Gasteiger charge is 2.20. The Morgan fingerprint density at radius 3 is 2.36 bits per heavy atom. The van der Waals surface area contributed by atoms with Crippen LogP contribution in [0.25, 0.3) is 0 Å². The van der Waals surface area contributed by atoms with Gasteiger partial charge < -0.3 is 16.2 Å². The van der Waals surface area contributed by atoms with Crippen molar-refractivity contribution in [2.75, 3.05) is 6.61 Å². The number of nitrogens with one attached hydrogen (secondary N) is 1. The van der Waals surface area contributed by atoms with Crippen LogP contribution in [0.3, 0.4) is 0 Å². The van der Waals surface area contributed by atoms with E-state index in [9.17, 15) is 4.79 Å². The zero-order valence-corrected chi connectivity index (χ0v) is 9.29. The van der Waals surface area contributed by atoms with Crippen LogP contribution in [0, 0.1) is 5.92 Å².